The molecule has 114 valence electrons. The van der Waals surface area contributed by atoms with Gasteiger partial charge in [-0.3, -0.25) is 4.79 Å². The number of carbonyl (C=O) groups is 1. The molecule has 2 heterocycles. The van der Waals surface area contributed by atoms with Crippen LogP contribution in [0.2, 0.25) is 0 Å². The van der Waals surface area contributed by atoms with Gasteiger partial charge in [0.15, 0.2) is 0 Å². The number of aliphatic hydroxyl groups excluding tert-OH is 1. The molecule has 1 aromatic carbocycles. The molecule has 4 heteroatoms. The molecule has 2 aliphatic heterocycles. The second kappa shape index (κ2) is 6.16. The molecular weight excluding hydrogens is 264 g/mol. The maximum atomic E-state index is 12.6. The van der Waals surface area contributed by atoms with Crippen molar-refractivity contribution in [3.63, 3.8) is 0 Å². The van der Waals surface area contributed by atoms with Crippen molar-refractivity contribution >= 4 is 5.91 Å². The van der Waals surface area contributed by atoms with Crippen molar-refractivity contribution in [2.45, 2.75) is 38.8 Å². The van der Waals surface area contributed by atoms with Crippen LogP contribution in [0.15, 0.2) is 18.2 Å². The molecular formula is C17H24N2O2. The van der Waals surface area contributed by atoms with Gasteiger partial charge in [-0.25, -0.2) is 0 Å². The third-order valence-electron chi connectivity index (χ3n) is 4.85. The number of amides is 1. The Hall–Kier alpha value is -1.39. The first kappa shape index (κ1) is 14.5. The number of benzene rings is 1. The summed E-state index contributed by atoms with van der Waals surface area (Å²) < 4.78 is 0. The van der Waals surface area contributed by atoms with Crippen LogP contribution in [0.5, 0.6) is 0 Å². The highest BCUT2D eigenvalue weighted by Gasteiger charge is 2.26. The van der Waals surface area contributed by atoms with Crippen LogP contribution in [0.1, 0.15) is 41.3 Å². The molecule has 1 unspecified atom stereocenters. The third-order valence-corrected chi connectivity index (χ3v) is 4.85. The van der Waals surface area contributed by atoms with E-state index in [0.29, 0.717) is 5.92 Å². The highest BCUT2D eigenvalue weighted by Crippen LogP contribution is 2.23. The van der Waals surface area contributed by atoms with Gasteiger partial charge in [0.1, 0.15) is 0 Å². The van der Waals surface area contributed by atoms with E-state index in [-0.39, 0.29) is 12.0 Å². The number of fused-ring (bicyclic) bond motifs is 1. The molecule has 0 aliphatic carbocycles. The zero-order valence-electron chi connectivity index (χ0n) is 12.6. The van der Waals surface area contributed by atoms with Crippen molar-refractivity contribution < 1.29 is 9.90 Å². The molecule has 21 heavy (non-hydrogen) atoms. The lowest BCUT2D eigenvalue weighted by Gasteiger charge is -2.33. The molecule has 1 fully saturated rings. The molecule has 0 spiro atoms. The Morgan fingerprint density at radius 3 is 2.81 bits per heavy atom. The fourth-order valence-electron chi connectivity index (χ4n) is 3.38. The summed E-state index contributed by atoms with van der Waals surface area (Å²) in [4.78, 5) is 14.5. The first-order valence-electron chi connectivity index (χ1n) is 7.95. The summed E-state index contributed by atoms with van der Waals surface area (Å²) in [5, 5.41) is 13.0. The van der Waals surface area contributed by atoms with Gasteiger partial charge in [0, 0.05) is 25.2 Å². The summed E-state index contributed by atoms with van der Waals surface area (Å²) in [5.41, 5.74) is 3.41. The van der Waals surface area contributed by atoms with E-state index >= 15 is 0 Å². The smallest absolute Gasteiger partial charge is 0.253 e. The molecule has 3 rings (SSSR count). The number of nitrogens with zero attached hydrogens (tertiary/aromatic N) is 1. The van der Waals surface area contributed by atoms with Gasteiger partial charge in [0.05, 0.1) is 6.10 Å². The molecule has 0 radical (unpaired) electrons. The summed E-state index contributed by atoms with van der Waals surface area (Å²) in [6, 6.07) is 6.11. The second-order valence-electron chi connectivity index (χ2n) is 6.28. The first-order chi connectivity index (χ1) is 10.1. The zero-order chi connectivity index (χ0) is 14.8. The zero-order valence-corrected chi connectivity index (χ0v) is 12.6. The van der Waals surface area contributed by atoms with Gasteiger partial charge in [-0.1, -0.05) is 6.07 Å². The van der Waals surface area contributed by atoms with Crippen molar-refractivity contribution in [1.29, 1.82) is 0 Å². The Labute approximate surface area is 126 Å². The first-order valence-corrected chi connectivity index (χ1v) is 7.95. The van der Waals surface area contributed by atoms with Crippen molar-refractivity contribution in [3.8, 4) is 0 Å². The monoisotopic (exact) mass is 288 g/mol. The lowest BCUT2D eigenvalue weighted by atomic mass is 9.91. The Morgan fingerprint density at radius 2 is 2.10 bits per heavy atom. The minimum atomic E-state index is -0.267. The number of aliphatic hydroxyl groups is 1. The fourth-order valence-corrected chi connectivity index (χ4v) is 3.38. The second-order valence-corrected chi connectivity index (χ2v) is 6.28. The molecule has 2 N–H and O–H groups in total. The fraction of sp³-hybridized carbons (Fsp3) is 0.588. The van der Waals surface area contributed by atoms with E-state index in [2.05, 4.69) is 11.4 Å². The SMILES string of the molecule is CC(O)C1CCN(C(=O)c2ccc3c(c2)CNCC3)CC1. The summed E-state index contributed by atoms with van der Waals surface area (Å²) in [5.74, 6) is 0.467. The minimum absolute atomic E-state index is 0.132. The molecule has 4 nitrogen and oxygen atoms in total. The van der Waals surface area contributed by atoms with Crippen LogP contribution in [0.4, 0.5) is 0 Å². The highest BCUT2D eigenvalue weighted by molar-refractivity contribution is 5.94. The number of hydrogen-bond donors (Lipinski definition) is 2. The van der Waals surface area contributed by atoms with Gasteiger partial charge in [-0.15, -0.1) is 0 Å². The lowest BCUT2D eigenvalue weighted by Crippen LogP contribution is -2.40. The number of rotatable bonds is 2. The van der Waals surface area contributed by atoms with Gasteiger partial charge in [0.2, 0.25) is 0 Å². The molecule has 0 aromatic heterocycles. The number of piperidine rings is 1. The van der Waals surface area contributed by atoms with Gasteiger partial charge < -0.3 is 15.3 Å². The van der Waals surface area contributed by atoms with Crippen LogP contribution in [-0.2, 0) is 13.0 Å². The van der Waals surface area contributed by atoms with Crippen LogP contribution >= 0.6 is 0 Å². The maximum absolute atomic E-state index is 12.6. The van der Waals surface area contributed by atoms with E-state index in [4.69, 9.17) is 0 Å². The Bertz CT molecular complexity index is 520. The number of likely N-dealkylation sites (tertiary alicyclic amines) is 1. The average Bonchev–Trinajstić information content (AvgIpc) is 2.54. The van der Waals surface area contributed by atoms with E-state index in [9.17, 15) is 9.90 Å². The average molecular weight is 288 g/mol. The standard InChI is InChI=1S/C17H24N2O2/c1-12(20)13-5-8-19(9-6-13)17(21)15-3-2-14-4-7-18-11-16(14)10-15/h2-3,10,12-13,18,20H,4-9,11H2,1H3. The molecule has 1 aromatic rings. The summed E-state index contributed by atoms with van der Waals surface area (Å²) in [6.45, 7) is 5.24. The molecule has 2 aliphatic rings. The molecule has 1 amide bonds. The van der Waals surface area contributed by atoms with Crippen molar-refractivity contribution in [2.75, 3.05) is 19.6 Å². The predicted molar refractivity (Wildman–Crippen MR) is 82.2 cm³/mol. The summed E-state index contributed by atoms with van der Waals surface area (Å²) >= 11 is 0. The summed E-state index contributed by atoms with van der Waals surface area (Å²) in [6.07, 6.45) is 2.58. The number of nitrogens with one attached hydrogen (secondary N) is 1. The summed E-state index contributed by atoms with van der Waals surface area (Å²) in [7, 11) is 0. The molecule has 1 atom stereocenters. The topological polar surface area (TPSA) is 52.6 Å². The Morgan fingerprint density at radius 1 is 1.33 bits per heavy atom. The highest BCUT2D eigenvalue weighted by atomic mass is 16.3. The van der Waals surface area contributed by atoms with Crippen LogP contribution in [0, 0.1) is 5.92 Å². The largest absolute Gasteiger partial charge is 0.393 e. The van der Waals surface area contributed by atoms with E-state index in [1.165, 1.54) is 11.1 Å². The lowest BCUT2D eigenvalue weighted by molar-refractivity contribution is 0.0521. The van der Waals surface area contributed by atoms with Gasteiger partial charge in [-0.2, -0.15) is 0 Å². The van der Waals surface area contributed by atoms with Gasteiger partial charge in [0.25, 0.3) is 5.91 Å². The van der Waals surface area contributed by atoms with E-state index in [0.717, 1.165) is 51.0 Å². The van der Waals surface area contributed by atoms with E-state index < -0.39 is 0 Å². The van der Waals surface area contributed by atoms with Crippen LogP contribution in [-0.4, -0.2) is 41.7 Å². The predicted octanol–water partition coefficient (Wildman–Crippen LogP) is 1.57. The molecule has 1 saturated heterocycles. The van der Waals surface area contributed by atoms with Crippen molar-refractivity contribution in [1.82, 2.24) is 10.2 Å². The van der Waals surface area contributed by atoms with Gasteiger partial charge >= 0.3 is 0 Å². The van der Waals surface area contributed by atoms with Crippen LogP contribution in [0.3, 0.4) is 0 Å². The number of hydrogen-bond acceptors (Lipinski definition) is 3. The maximum Gasteiger partial charge on any atom is 0.253 e. The van der Waals surface area contributed by atoms with Crippen LogP contribution < -0.4 is 5.32 Å². The van der Waals surface area contributed by atoms with Crippen molar-refractivity contribution in [2.24, 2.45) is 5.92 Å². The van der Waals surface area contributed by atoms with Gasteiger partial charge in [-0.05, 0) is 61.9 Å². The quantitative estimate of drug-likeness (QED) is 0.868. The molecule has 0 bridgehead atoms. The molecule has 0 saturated carbocycles. The van der Waals surface area contributed by atoms with Crippen molar-refractivity contribution in [3.05, 3.63) is 34.9 Å². The minimum Gasteiger partial charge on any atom is -0.393 e. The Balaban J connectivity index is 1.68. The normalized spacial score (nSPS) is 21.0. The third kappa shape index (κ3) is 3.11. The number of carbonyl (C=O) groups excluding carboxylic acids is 1. The van der Waals surface area contributed by atoms with E-state index in [1.807, 2.05) is 24.0 Å². The van der Waals surface area contributed by atoms with Crippen LogP contribution in [0.25, 0.3) is 0 Å². The Kier molecular flexibility index (Phi) is 4.27. The van der Waals surface area contributed by atoms with E-state index in [1.54, 1.807) is 0 Å².